The fourth-order valence-electron chi connectivity index (χ4n) is 3.51. The van der Waals surface area contributed by atoms with Gasteiger partial charge in [-0.25, -0.2) is 10.1 Å². The Bertz CT molecular complexity index is 932. The highest BCUT2D eigenvalue weighted by atomic mass is 16.2. The van der Waals surface area contributed by atoms with E-state index >= 15 is 0 Å². The Balaban J connectivity index is 1.46. The first-order valence-corrected chi connectivity index (χ1v) is 9.00. The molecule has 4 rings (SSSR count). The normalized spacial score (nSPS) is 18.9. The second kappa shape index (κ2) is 7.47. The summed E-state index contributed by atoms with van der Waals surface area (Å²) in [6.45, 7) is 0.104. The van der Waals surface area contributed by atoms with Gasteiger partial charge in [-0.15, -0.1) is 5.10 Å². The predicted octanol–water partition coefficient (Wildman–Crippen LogP) is 3.26. The Hall–Kier alpha value is -3.02. The van der Waals surface area contributed by atoms with Crippen molar-refractivity contribution in [3.05, 3.63) is 60.2 Å². The molecule has 1 aliphatic carbocycles. The van der Waals surface area contributed by atoms with Gasteiger partial charge in [-0.3, -0.25) is 4.79 Å². The Kier molecular flexibility index (Phi) is 4.73. The molecule has 1 aliphatic rings. The van der Waals surface area contributed by atoms with E-state index in [1.54, 1.807) is 4.68 Å². The van der Waals surface area contributed by atoms with Crippen LogP contribution in [0.4, 0.5) is 0 Å². The van der Waals surface area contributed by atoms with Crippen LogP contribution < -0.4 is 5.43 Å². The number of rotatable bonds is 4. The first kappa shape index (κ1) is 16.4. The molecule has 0 unspecified atom stereocenters. The summed E-state index contributed by atoms with van der Waals surface area (Å²) in [5.41, 5.74) is 6.66. The molecule has 1 atom stereocenters. The van der Waals surface area contributed by atoms with E-state index in [4.69, 9.17) is 0 Å². The highest BCUT2D eigenvalue weighted by Gasteiger charge is 2.22. The lowest BCUT2D eigenvalue weighted by molar-refractivity contribution is -0.121. The molecule has 26 heavy (non-hydrogen) atoms. The van der Waals surface area contributed by atoms with Crippen molar-refractivity contribution < 1.29 is 4.79 Å². The lowest BCUT2D eigenvalue weighted by Crippen LogP contribution is -2.27. The number of para-hydroxylation sites is 1. The van der Waals surface area contributed by atoms with Crippen LogP contribution in [0.5, 0.6) is 0 Å². The van der Waals surface area contributed by atoms with Crippen LogP contribution in [0.25, 0.3) is 11.0 Å². The molecule has 2 aromatic carbocycles. The maximum Gasteiger partial charge on any atom is 0.261 e. The van der Waals surface area contributed by atoms with Gasteiger partial charge in [0, 0.05) is 11.6 Å². The first-order valence-electron chi connectivity index (χ1n) is 9.00. The zero-order valence-electron chi connectivity index (χ0n) is 14.5. The van der Waals surface area contributed by atoms with E-state index in [1.165, 1.54) is 12.0 Å². The van der Waals surface area contributed by atoms with E-state index in [1.807, 2.05) is 30.3 Å². The minimum atomic E-state index is -0.189. The molecule has 1 aromatic heterocycles. The SMILES string of the molecule is O=C(Cn1nnc2ccccc21)N/N=C1/CCCC[C@@H]1c1ccccc1. The van der Waals surface area contributed by atoms with Crippen LogP contribution in [0, 0.1) is 0 Å². The minimum Gasteiger partial charge on any atom is -0.271 e. The van der Waals surface area contributed by atoms with Crippen LogP contribution in [0.2, 0.25) is 0 Å². The Morgan fingerprint density at radius 2 is 1.92 bits per heavy atom. The van der Waals surface area contributed by atoms with Crippen LogP contribution in [0.1, 0.15) is 37.2 Å². The molecule has 1 saturated carbocycles. The number of carbonyl (C=O) groups is 1. The molecule has 1 N–H and O–H groups in total. The van der Waals surface area contributed by atoms with Gasteiger partial charge in [-0.1, -0.05) is 54.1 Å². The van der Waals surface area contributed by atoms with Gasteiger partial charge in [-0.2, -0.15) is 5.10 Å². The van der Waals surface area contributed by atoms with Crippen molar-refractivity contribution in [1.29, 1.82) is 0 Å². The predicted molar refractivity (Wildman–Crippen MR) is 101 cm³/mol. The molecule has 0 saturated heterocycles. The van der Waals surface area contributed by atoms with Crippen LogP contribution in [0.15, 0.2) is 59.7 Å². The molecule has 0 radical (unpaired) electrons. The highest BCUT2D eigenvalue weighted by molar-refractivity contribution is 5.92. The summed E-state index contributed by atoms with van der Waals surface area (Å²) in [5, 5.41) is 12.6. The lowest BCUT2D eigenvalue weighted by atomic mass is 9.82. The van der Waals surface area contributed by atoms with Crippen molar-refractivity contribution >= 4 is 22.7 Å². The summed E-state index contributed by atoms with van der Waals surface area (Å²) < 4.78 is 1.60. The molecule has 0 aliphatic heterocycles. The number of aromatic nitrogens is 3. The van der Waals surface area contributed by atoms with Crippen molar-refractivity contribution in [1.82, 2.24) is 20.4 Å². The van der Waals surface area contributed by atoms with E-state index in [0.29, 0.717) is 0 Å². The van der Waals surface area contributed by atoms with Crippen molar-refractivity contribution in [3.63, 3.8) is 0 Å². The van der Waals surface area contributed by atoms with Gasteiger partial charge < -0.3 is 0 Å². The third-order valence-corrected chi connectivity index (χ3v) is 4.82. The quantitative estimate of drug-likeness (QED) is 0.736. The zero-order valence-corrected chi connectivity index (χ0v) is 14.5. The Morgan fingerprint density at radius 3 is 2.81 bits per heavy atom. The topological polar surface area (TPSA) is 72.2 Å². The molecule has 132 valence electrons. The smallest absolute Gasteiger partial charge is 0.261 e. The van der Waals surface area contributed by atoms with Crippen molar-refractivity contribution in [2.45, 2.75) is 38.1 Å². The third kappa shape index (κ3) is 3.49. The summed E-state index contributed by atoms with van der Waals surface area (Å²) in [6.07, 6.45) is 4.31. The maximum atomic E-state index is 12.3. The number of amides is 1. The number of nitrogens with zero attached hydrogens (tertiary/aromatic N) is 4. The summed E-state index contributed by atoms with van der Waals surface area (Å²) >= 11 is 0. The van der Waals surface area contributed by atoms with Crippen LogP contribution >= 0.6 is 0 Å². The Labute approximate surface area is 151 Å². The van der Waals surface area contributed by atoms with Gasteiger partial charge in [0.2, 0.25) is 0 Å². The molecule has 3 aromatic rings. The number of fused-ring (bicyclic) bond motifs is 1. The molecule has 0 bridgehead atoms. The monoisotopic (exact) mass is 347 g/mol. The molecule has 6 heteroatoms. The summed E-state index contributed by atoms with van der Waals surface area (Å²) in [7, 11) is 0. The number of carbonyl (C=O) groups excluding carboxylic acids is 1. The van der Waals surface area contributed by atoms with E-state index in [9.17, 15) is 4.79 Å². The van der Waals surface area contributed by atoms with Gasteiger partial charge in [0.05, 0.1) is 5.52 Å². The zero-order chi connectivity index (χ0) is 17.8. The summed E-state index contributed by atoms with van der Waals surface area (Å²) in [6, 6.07) is 18.0. The summed E-state index contributed by atoms with van der Waals surface area (Å²) in [4.78, 5) is 12.3. The van der Waals surface area contributed by atoms with Crippen LogP contribution in [-0.4, -0.2) is 26.6 Å². The Morgan fingerprint density at radius 1 is 1.12 bits per heavy atom. The van der Waals surface area contributed by atoms with Crippen LogP contribution in [0.3, 0.4) is 0 Å². The van der Waals surface area contributed by atoms with E-state index in [0.717, 1.165) is 36.0 Å². The van der Waals surface area contributed by atoms with Gasteiger partial charge >= 0.3 is 0 Å². The fourth-order valence-corrected chi connectivity index (χ4v) is 3.51. The van der Waals surface area contributed by atoms with Crippen LogP contribution in [-0.2, 0) is 11.3 Å². The first-order chi connectivity index (χ1) is 12.8. The van der Waals surface area contributed by atoms with Gasteiger partial charge in [0.25, 0.3) is 5.91 Å². The number of nitrogens with one attached hydrogen (secondary N) is 1. The summed E-state index contributed by atoms with van der Waals surface area (Å²) in [5.74, 6) is 0.1000. The molecule has 1 amide bonds. The maximum absolute atomic E-state index is 12.3. The minimum absolute atomic E-state index is 0.104. The molecule has 6 nitrogen and oxygen atoms in total. The average Bonchev–Trinajstić information content (AvgIpc) is 3.10. The van der Waals surface area contributed by atoms with E-state index in [-0.39, 0.29) is 18.4 Å². The number of hydrazone groups is 1. The molecule has 1 fully saturated rings. The number of benzene rings is 2. The molecule has 1 heterocycles. The second-order valence-corrected chi connectivity index (χ2v) is 6.58. The largest absolute Gasteiger partial charge is 0.271 e. The standard InChI is InChI=1S/C20H21N5O/c26-20(14-25-19-13-7-6-12-18(19)22-24-25)23-21-17-11-5-4-10-16(17)15-8-2-1-3-9-15/h1-3,6-9,12-13,16H,4-5,10-11,14H2,(H,23,26)/b21-17-/t16-/m1/s1. The van der Waals surface area contributed by atoms with Gasteiger partial charge in [0.1, 0.15) is 12.1 Å². The molecular formula is C20H21N5O. The average molecular weight is 347 g/mol. The second-order valence-electron chi connectivity index (χ2n) is 6.58. The van der Waals surface area contributed by atoms with E-state index in [2.05, 4.69) is 45.1 Å². The van der Waals surface area contributed by atoms with Gasteiger partial charge in [-0.05, 0) is 37.0 Å². The number of hydrogen-bond donors (Lipinski definition) is 1. The third-order valence-electron chi connectivity index (χ3n) is 4.82. The molecule has 0 spiro atoms. The lowest BCUT2D eigenvalue weighted by Gasteiger charge is -2.24. The van der Waals surface area contributed by atoms with Crippen molar-refractivity contribution in [2.75, 3.05) is 0 Å². The van der Waals surface area contributed by atoms with E-state index < -0.39 is 0 Å². The van der Waals surface area contributed by atoms with Gasteiger partial charge in [0.15, 0.2) is 0 Å². The number of hydrogen-bond acceptors (Lipinski definition) is 4. The fraction of sp³-hybridized carbons (Fsp3) is 0.300. The molecular weight excluding hydrogens is 326 g/mol. The highest BCUT2D eigenvalue weighted by Crippen LogP contribution is 2.30. The van der Waals surface area contributed by atoms with Crippen molar-refractivity contribution in [2.24, 2.45) is 5.10 Å². The van der Waals surface area contributed by atoms with Crippen molar-refractivity contribution in [3.8, 4) is 0 Å².